The molecule has 1 aliphatic heterocycles. The number of urea groups is 1. The summed E-state index contributed by atoms with van der Waals surface area (Å²) in [6.07, 6.45) is 0. The van der Waals surface area contributed by atoms with E-state index in [4.69, 9.17) is 4.52 Å². The summed E-state index contributed by atoms with van der Waals surface area (Å²) in [4.78, 5) is 39.7. The van der Waals surface area contributed by atoms with Gasteiger partial charge in [0.2, 0.25) is 5.91 Å². The summed E-state index contributed by atoms with van der Waals surface area (Å²) in [6.45, 7) is 3.04. The zero-order valence-electron chi connectivity index (χ0n) is 15.2. The molecule has 0 saturated carbocycles. The van der Waals surface area contributed by atoms with Crippen molar-refractivity contribution in [2.45, 2.75) is 25.9 Å². The Balaban J connectivity index is 1.71. The average Bonchev–Trinajstić information content (AvgIpc) is 3.12. The molecule has 2 aromatic rings. The Morgan fingerprint density at radius 2 is 2.00 bits per heavy atom. The summed E-state index contributed by atoms with van der Waals surface area (Å²) in [5, 5.41) is 6.39. The van der Waals surface area contributed by atoms with Crippen LogP contribution in [0.4, 0.5) is 9.18 Å². The van der Waals surface area contributed by atoms with Crippen LogP contribution in [-0.4, -0.2) is 46.4 Å². The Hall–Kier alpha value is -3.23. The largest absolute Gasteiger partial charge is 0.361 e. The number of amides is 4. The molecule has 0 radical (unpaired) electrons. The molecule has 8 nitrogen and oxygen atoms in total. The molecule has 1 atom stereocenters. The molecule has 142 valence electrons. The van der Waals surface area contributed by atoms with Gasteiger partial charge < -0.3 is 14.7 Å². The lowest BCUT2D eigenvalue weighted by Gasteiger charge is -2.23. The predicted molar refractivity (Wildman–Crippen MR) is 91.7 cm³/mol. The van der Waals surface area contributed by atoms with E-state index >= 15 is 0 Å². The first kappa shape index (κ1) is 18.6. The fourth-order valence-corrected chi connectivity index (χ4v) is 2.90. The lowest BCUT2D eigenvalue weighted by Crippen LogP contribution is -2.43. The minimum absolute atomic E-state index is 0.190. The molecule has 1 aromatic heterocycles. The molecule has 1 saturated heterocycles. The van der Waals surface area contributed by atoms with E-state index in [0.717, 1.165) is 4.90 Å². The van der Waals surface area contributed by atoms with Crippen LogP contribution in [0, 0.1) is 12.7 Å². The number of nitrogens with one attached hydrogen (secondary N) is 1. The smallest absolute Gasteiger partial charge is 0.325 e. The first-order valence-corrected chi connectivity index (χ1v) is 8.27. The van der Waals surface area contributed by atoms with Gasteiger partial charge in [-0.25, -0.2) is 9.18 Å². The predicted octanol–water partition coefficient (Wildman–Crippen LogP) is 1.55. The molecule has 1 fully saturated rings. The minimum Gasteiger partial charge on any atom is -0.361 e. The van der Waals surface area contributed by atoms with Crippen molar-refractivity contribution in [3.8, 4) is 0 Å². The van der Waals surface area contributed by atoms with Crippen molar-refractivity contribution in [3.05, 3.63) is 53.2 Å². The summed E-state index contributed by atoms with van der Waals surface area (Å²) in [7, 11) is 1.55. The second kappa shape index (κ2) is 6.82. The number of hydrogen-bond acceptors (Lipinski definition) is 5. The number of imide groups is 1. The third-order valence-corrected chi connectivity index (χ3v) is 4.49. The Morgan fingerprint density at radius 3 is 2.59 bits per heavy atom. The summed E-state index contributed by atoms with van der Waals surface area (Å²) < 4.78 is 18.1. The van der Waals surface area contributed by atoms with Gasteiger partial charge >= 0.3 is 6.03 Å². The highest BCUT2D eigenvalue weighted by Crippen LogP contribution is 2.28. The van der Waals surface area contributed by atoms with Crippen molar-refractivity contribution < 1.29 is 23.3 Å². The fraction of sp³-hybridized carbons (Fsp3) is 0.333. The maximum atomic E-state index is 13.1. The van der Waals surface area contributed by atoms with Gasteiger partial charge in [0.15, 0.2) is 0 Å². The van der Waals surface area contributed by atoms with Crippen LogP contribution in [0.15, 0.2) is 34.9 Å². The number of aryl methyl sites for hydroxylation is 1. The van der Waals surface area contributed by atoms with Crippen LogP contribution in [0.5, 0.6) is 0 Å². The third kappa shape index (κ3) is 3.53. The highest BCUT2D eigenvalue weighted by atomic mass is 19.1. The molecule has 2 heterocycles. The van der Waals surface area contributed by atoms with Crippen LogP contribution in [-0.2, 0) is 21.7 Å². The Kier molecular flexibility index (Phi) is 4.69. The fourth-order valence-electron chi connectivity index (χ4n) is 2.90. The molecule has 0 unspecified atom stereocenters. The Labute approximate surface area is 154 Å². The Morgan fingerprint density at radius 1 is 1.33 bits per heavy atom. The zero-order chi connectivity index (χ0) is 19.8. The standard InChI is InChI=1S/C18H19FN4O4/c1-11-8-14(21-27-11)9-22(3)15(24)10-23-16(25)18(2,20-17(23)26)12-4-6-13(19)7-5-12/h4-8H,9-10H2,1-3H3,(H,20,26)/t18-/m1/s1. The number of carbonyl (C=O) groups is 3. The molecule has 0 aliphatic carbocycles. The molecular weight excluding hydrogens is 355 g/mol. The van der Waals surface area contributed by atoms with E-state index in [0.29, 0.717) is 17.0 Å². The molecular formula is C18H19FN4O4. The number of rotatable bonds is 5. The second-order valence-electron chi connectivity index (χ2n) is 6.63. The molecule has 0 spiro atoms. The van der Waals surface area contributed by atoms with Gasteiger partial charge in [-0.1, -0.05) is 17.3 Å². The highest BCUT2D eigenvalue weighted by Gasteiger charge is 2.49. The topological polar surface area (TPSA) is 95.8 Å². The van der Waals surface area contributed by atoms with Gasteiger partial charge in [-0.2, -0.15) is 0 Å². The van der Waals surface area contributed by atoms with Gasteiger partial charge in [-0.3, -0.25) is 14.5 Å². The molecule has 1 N–H and O–H groups in total. The van der Waals surface area contributed by atoms with Crippen LogP contribution in [0.3, 0.4) is 0 Å². The van der Waals surface area contributed by atoms with Gasteiger partial charge in [0.05, 0.1) is 6.54 Å². The minimum atomic E-state index is -1.35. The maximum absolute atomic E-state index is 13.1. The van der Waals surface area contributed by atoms with Crippen molar-refractivity contribution in [2.75, 3.05) is 13.6 Å². The van der Waals surface area contributed by atoms with Gasteiger partial charge in [-0.05, 0) is 31.5 Å². The number of hydrogen-bond donors (Lipinski definition) is 1. The number of nitrogens with zero attached hydrogens (tertiary/aromatic N) is 3. The second-order valence-corrected chi connectivity index (χ2v) is 6.63. The zero-order valence-corrected chi connectivity index (χ0v) is 15.2. The maximum Gasteiger partial charge on any atom is 0.325 e. The van der Waals surface area contributed by atoms with Gasteiger partial charge in [-0.15, -0.1) is 0 Å². The van der Waals surface area contributed by atoms with Crippen LogP contribution in [0.2, 0.25) is 0 Å². The molecule has 0 bridgehead atoms. The third-order valence-electron chi connectivity index (χ3n) is 4.49. The van der Waals surface area contributed by atoms with E-state index < -0.39 is 35.7 Å². The van der Waals surface area contributed by atoms with Crippen LogP contribution >= 0.6 is 0 Å². The molecule has 4 amide bonds. The van der Waals surface area contributed by atoms with Crippen LogP contribution in [0.25, 0.3) is 0 Å². The number of aromatic nitrogens is 1. The normalized spacial score (nSPS) is 19.3. The van der Waals surface area contributed by atoms with Crippen LogP contribution < -0.4 is 5.32 Å². The molecule has 9 heteroatoms. The van der Waals surface area contributed by atoms with E-state index in [-0.39, 0.29) is 6.54 Å². The summed E-state index contributed by atoms with van der Waals surface area (Å²) in [6, 6.07) is 6.30. The van der Waals surface area contributed by atoms with Crippen molar-refractivity contribution in [2.24, 2.45) is 0 Å². The van der Waals surface area contributed by atoms with Gasteiger partial charge in [0.1, 0.15) is 29.4 Å². The number of likely N-dealkylation sites (N-methyl/N-ethyl adjacent to an activating group) is 1. The van der Waals surface area contributed by atoms with Crippen molar-refractivity contribution in [3.63, 3.8) is 0 Å². The first-order chi connectivity index (χ1) is 12.7. The molecule has 1 aromatic carbocycles. The highest BCUT2D eigenvalue weighted by molar-refractivity contribution is 6.09. The molecule has 1 aliphatic rings. The van der Waals surface area contributed by atoms with Crippen molar-refractivity contribution in [1.29, 1.82) is 0 Å². The summed E-state index contributed by atoms with van der Waals surface area (Å²) in [5.74, 6) is -0.827. The molecule has 3 rings (SSSR count). The van der Waals surface area contributed by atoms with E-state index in [1.807, 2.05) is 0 Å². The SMILES string of the molecule is Cc1cc(CN(C)C(=O)CN2C(=O)N[C@](C)(c3ccc(F)cc3)C2=O)no1. The molecule has 27 heavy (non-hydrogen) atoms. The van der Waals surface area contributed by atoms with Crippen molar-refractivity contribution >= 4 is 17.8 Å². The van der Waals surface area contributed by atoms with E-state index in [9.17, 15) is 18.8 Å². The summed E-state index contributed by atoms with van der Waals surface area (Å²) in [5.41, 5.74) is -0.354. The van der Waals surface area contributed by atoms with E-state index in [2.05, 4.69) is 10.5 Å². The van der Waals surface area contributed by atoms with E-state index in [1.54, 1.807) is 20.0 Å². The van der Waals surface area contributed by atoms with Crippen LogP contribution in [0.1, 0.15) is 23.9 Å². The Bertz CT molecular complexity index is 895. The number of carbonyl (C=O) groups excluding carboxylic acids is 3. The monoisotopic (exact) mass is 374 g/mol. The average molecular weight is 374 g/mol. The quantitative estimate of drug-likeness (QED) is 0.801. The van der Waals surface area contributed by atoms with Gasteiger partial charge in [0.25, 0.3) is 5.91 Å². The lowest BCUT2D eigenvalue weighted by molar-refractivity contribution is -0.138. The first-order valence-electron chi connectivity index (χ1n) is 8.27. The summed E-state index contributed by atoms with van der Waals surface area (Å²) >= 11 is 0. The van der Waals surface area contributed by atoms with E-state index in [1.165, 1.54) is 36.1 Å². The lowest BCUT2D eigenvalue weighted by atomic mass is 9.92. The number of halogens is 1. The van der Waals surface area contributed by atoms with Crippen molar-refractivity contribution in [1.82, 2.24) is 20.3 Å². The van der Waals surface area contributed by atoms with Gasteiger partial charge in [0, 0.05) is 13.1 Å². The number of benzene rings is 1.